The third kappa shape index (κ3) is 4.75. The van der Waals surface area contributed by atoms with Crippen molar-refractivity contribution in [1.29, 1.82) is 0 Å². The Morgan fingerprint density at radius 2 is 1.79 bits per heavy atom. The van der Waals surface area contributed by atoms with Crippen LogP contribution in [0.4, 0.5) is 0 Å². The fourth-order valence-corrected chi connectivity index (χ4v) is 4.71. The van der Waals surface area contributed by atoms with E-state index < -0.39 is 5.66 Å². The van der Waals surface area contributed by atoms with Crippen molar-refractivity contribution in [2.75, 3.05) is 40.9 Å². The molecular weight excluding hydrogens is 442 g/mol. The molecule has 0 N–H and O–H groups in total. The van der Waals surface area contributed by atoms with E-state index in [1.807, 2.05) is 30.3 Å². The van der Waals surface area contributed by atoms with Crippen molar-refractivity contribution in [1.82, 2.24) is 9.80 Å². The molecule has 33 heavy (non-hydrogen) atoms. The van der Waals surface area contributed by atoms with Gasteiger partial charge in [-0.3, -0.25) is 14.6 Å². The first-order chi connectivity index (χ1) is 15.8. The van der Waals surface area contributed by atoms with Crippen LogP contribution in [0.2, 0.25) is 5.02 Å². The molecule has 4 rings (SSSR count). The van der Waals surface area contributed by atoms with E-state index in [1.54, 1.807) is 31.3 Å². The van der Waals surface area contributed by atoms with Gasteiger partial charge >= 0.3 is 0 Å². The highest BCUT2D eigenvalue weighted by atomic mass is 35.5. The highest BCUT2D eigenvalue weighted by Gasteiger charge is 2.48. The number of halogens is 1. The molecule has 2 aromatic carbocycles. The second kappa shape index (κ2) is 9.53. The van der Waals surface area contributed by atoms with Crippen molar-refractivity contribution < 1.29 is 19.1 Å². The van der Waals surface area contributed by atoms with E-state index in [2.05, 4.69) is 11.9 Å². The molecule has 0 radical (unpaired) electrons. The number of aliphatic imine (C=N–C) groups is 1. The average Bonchev–Trinajstić information content (AvgIpc) is 3.07. The number of piperidine rings is 1. The summed E-state index contributed by atoms with van der Waals surface area (Å²) in [4.78, 5) is 35.4. The lowest BCUT2D eigenvalue weighted by Crippen LogP contribution is -2.54. The summed E-state index contributed by atoms with van der Waals surface area (Å²) in [5.41, 5.74) is 1.23. The van der Waals surface area contributed by atoms with Crippen LogP contribution in [0.5, 0.6) is 11.5 Å². The maximum Gasteiger partial charge on any atom is 0.275 e. The predicted octanol–water partition coefficient (Wildman–Crippen LogP) is 3.22. The van der Waals surface area contributed by atoms with Crippen LogP contribution in [-0.4, -0.2) is 73.8 Å². The molecule has 174 valence electrons. The van der Waals surface area contributed by atoms with E-state index in [4.69, 9.17) is 26.1 Å². The number of rotatable bonds is 7. The van der Waals surface area contributed by atoms with Gasteiger partial charge in [0.25, 0.3) is 5.91 Å². The van der Waals surface area contributed by atoms with Crippen molar-refractivity contribution in [3.63, 3.8) is 0 Å². The molecule has 0 unspecified atom stereocenters. The molecule has 0 aliphatic carbocycles. The molecule has 2 aliphatic heterocycles. The van der Waals surface area contributed by atoms with Crippen LogP contribution in [0.3, 0.4) is 0 Å². The molecule has 2 aliphatic rings. The number of benzene rings is 2. The fraction of sp³-hybridized carbons (Fsp3) is 0.400. The normalized spacial score (nSPS) is 17.9. The first-order valence-electron chi connectivity index (χ1n) is 10.9. The second-order valence-corrected chi connectivity index (χ2v) is 8.96. The third-order valence-corrected chi connectivity index (χ3v) is 6.67. The first kappa shape index (κ1) is 23.3. The monoisotopic (exact) mass is 469 g/mol. The summed E-state index contributed by atoms with van der Waals surface area (Å²) in [6.45, 7) is 1.63. The minimum Gasteiger partial charge on any atom is -0.497 e. The van der Waals surface area contributed by atoms with Crippen LogP contribution in [0.1, 0.15) is 24.0 Å². The zero-order valence-electron chi connectivity index (χ0n) is 19.1. The van der Waals surface area contributed by atoms with Crippen LogP contribution in [0.25, 0.3) is 0 Å². The van der Waals surface area contributed by atoms with Gasteiger partial charge < -0.3 is 19.3 Å². The standard InChI is InChI=1S/C25H28ClN3O4/c1-28-12-10-25(11-13-28)27-23(18-5-7-20(32-2)8-6-18)24(31)29(25)16-19(30)14-17-4-9-22(33-3)21(26)15-17/h4-9,15H,10-14,16H2,1-3H3. The smallest absolute Gasteiger partial charge is 0.275 e. The number of hydrogen-bond donors (Lipinski definition) is 0. The number of Topliss-reactive ketones (excluding diaryl/α,β-unsaturated/α-hetero) is 1. The maximum atomic E-state index is 13.5. The Morgan fingerprint density at radius 1 is 1.09 bits per heavy atom. The predicted molar refractivity (Wildman–Crippen MR) is 127 cm³/mol. The van der Waals surface area contributed by atoms with Gasteiger partial charge in [-0.1, -0.05) is 17.7 Å². The van der Waals surface area contributed by atoms with Crippen molar-refractivity contribution >= 4 is 29.0 Å². The Hall–Kier alpha value is -2.90. The van der Waals surface area contributed by atoms with Crippen molar-refractivity contribution in [2.45, 2.75) is 24.9 Å². The van der Waals surface area contributed by atoms with Gasteiger partial charge in [0.1, 0.15) is 22.9 Å². The highest BCUT2D eigenvalue weighted by Crippen LogP contribution is 2.36. The van der Waals surface area contributed by atoms with Crippen LogP contribution in [0.15, 0.2) is 47.5 Å². The van der Waals surface area contributed by atoms with E-state index in [1.165, 1.54) is 0 Å². The molecule has 7 nitrogen and oxygen atoms in total. The number of carbonyl (C=O) groups excluding carboxylic acids is 2. The topological polar surface area (TPSA) is 71.4 Å². The Kier molecular flexibility index (Phi) is 6.72. The zero-order chi connectivity index (χ0) is 23.6. The fourth-order valence-electron chi connectivity index (χ4n) is 4.43. The largest absolute Gasteiger partial charge is 0.497 e. The van der Waals surface area contributed by atoms with E-state index in [9.17, 15) is 9.59 Å². The summed E-state index contributed by atoms with van der Waals surface area (Å²) < 4.78 is 10.4. The van der Waals surface area contributed by atoms with Gasteiger partial charge in [0.2, 0.25) is 0 Å². The zero-order valence-corrected chi connectivity index (χ0v) is 19.9. The van der Waals surface area contributed by atoms with E-state index in [0.29, 0.717) is 35.1 Å². The molecule has 8 heteroatoms. The van der Waals surface area contributed by atoms with E-state index >= 15 is 0 Å². The number of carbonyl (C=O) groups is 2. The quantitative estimate of drug-likeness (QED) is 0.622. The minimum atomic E-state index is -0.688. The molecule has 1 saturated heterocycles. The minimum absolute atomic E-state index is 0.00928. The number of methoxy groups -OCH3 is 2. The van der Waals surface area contributed by atoms with E-state index in [0.717, 1.165) is 24.2 Å². The highest BCUT2D eigenvalue weighted by molar-refractivity contribution is 6.47. The van der Waals surface area contributed by atoms with Crippen LogP contribution < -0.4 is 9.47 Å². The number of likely N-dealkylation sites (tertiary alicyclic amines) is 1. The number of amides is 1. The maximum absolute atomic E-state index is 13.5. The van der Waals surface area contributed by atoms with Gasteiger partial charge in [-0.05, 0) is 49.0 Å². The summed E-state index contributed by atoms with van der Waals surface area (Å²) in [6, 6.07) is 12.6. The van der Waals surface area contributed by atoms with Gasteiger partial charge in [-0.15, -0.1) is 0 Å². The van der Waals surface area contributed by atoms with Crippen molar-refractivity contribution in [3.8, 4) is 11.5 Å². The lowest BCUT2D eigenvalue weighted by atomic mass is 9.96. The lowest BCUT2D eigenvalue weighted by molar-refractivity contribution is -0.135. The summed E-state index contributed by atoms with van der Waals surface area (Å²) in [6.07, 6.45) is 1.56. The van der Waals surface area contributed by atoms with Crippen molar-refractivity contribution in [3.05, 3.63) is 58.6 Å². The van der Waals surface area contributed by atoms with Gasteiger partial charge in [0, 0.05) is 37.9 Å². The molecular formula is C25H28ClN3O4. The van der Waals surface area contributed by atoms with Gasteiger partial charge in [-0.25, -0.2) is 0 Å². The molecule has 0 saturated carbocycles. The number of nitrogens with zero attached hydrogens (tertiary/aromatic N) is 3. The molecule has 0 atom stereocenters. The average molecular weight is 470 g/mol. The Morgan fingerprint density at radius 3 is 2.39 bits per heavy atom. The molecule has 2 aromatic rings. The molecule has 2 heterocycles. The van der Waals surface area contributed by atoms with Crippen LogP contribution in [-0.2, 0) is 16.0 Å². The number of ketones is 1. The summed E-state index contributed by atoms with van der Waals surface area (Å²) in [7, 11) is 5.21. The Bertz CT molecular complexity index is 1080. The van der Waals surface area contributed by atoms with E-state index in [-0.39, 0.29) is 24.7 Å². The molecule has 1 fully saturated rings. The Labute approximate surface area is 198 Å². The van der Waals surface area contributed by atoms with Crippen LogP contribution in [0, 0.1) is 0 Å². The van der Waals surface area contributed by atoms with Crippen LogP contribution >= 0.6 is 11.6 Å². The summed E-state index contributed by atoms with van der Waals surface area (Å²) >= 11 is 6.21. The second-order valence-electron chi connectivity index (χ2n) is 8.55. The molecule has 0 bridgehead atoms. The molecule has 1 amide bonds. The van der Waals surface area contributed by atoms with Gasteiger partial charge in [0.05, 0.1) is 25.8 Å². The summed E-state index contributed by atoms with van der Waals surface area (Å²) in [5.74, 6) is 1.01. The lowest BCUT2D eigenvalue weighted by Gasteiger charge is -2.41. The van der Waals surface area contributed by atoms with Gasteiger partial charge in [0.15, 0.2) is 5.78 Å². The summed E-state index contributed by atoms with van der Waals surface area (Å²) in [5, 5.41) is 0.456. The van der Waals surface area contributed by atoms with Crippen molar-refractivity contribution in [2.24, 2.45) is 4.99 Å². The number of hydrogen-bond acceptors (Lipinski definition) is 6. The van der Waals surface area contributed by atoms with Gasteiger partial charge in [-0.2, -0.15) is 0 Å². The Balaban J connectivity index is 1.57. The molecule has 0 aromatic heterocycles. The SMILES string of the molecule is COc1ccc(C2=NC3(CCN(C)CC3)N(CC(=O)Cc3ccc(OC)c(Cl)c3)C2=O)cc1. The third-order valence-electron chi connectivity index (χ3n) is 6.37. The number of ether oxygens (including phenoxy) is 2. The first-order valence-corrected chi connectivity index (χ1v) is 11.3. The molecule has 1 spiro atoms.